The Kier molecular flexibility index (Phi) is 1.96. The Bertz CT molecular complexity index is 391. The lowest BCUT2D eigenvalue weighted by molar-refractivity contribution is 0.569. The van der Waals surface area contributed by atoms with Gasteiger partial charge in [-0.05, 0) is 37.0 Å². The highest BCUT2D eigenvalue weighted by Gasteiger charge is 2.34. The second-order valence-corrected chi connectivity index (χ2v) is 4.61. The van der Waals surface area contributed by atoms with Crippen LogP contribution in [0.5, 0.6) is 0 Å². The van der Waals surface area contributed by atoms with Crippen LogP contribution in [0.1, 0.15) is 18.4 Å². The van der Waals surface area contributed by atoms with Gasteiger partial charge in [0.15, 0.2) is 0 Å². The summed E-state index contributed by atoms with van der Waals surface area (Å²) in [5.41, 5.74) is 8.29. The predicted molar refractivity (Wildman–Crippen MR) is 58.4 cm³/mol. The van der Waals surface area contributed by atoms with Crippen molar-refractivity contribution >= 4 is 5.69 Å². The van der Waals surface area contributed by atoms with Gasteiger partial charge < -0.3 is 10.6 Å². The minimum absolute atomic E-state index is 0.144. The first kappa shape index (κ1) is 9.16. The summed E-state index contributed by atoms with van der Waals surface area (Å²) in [5, 5.41) is 0. The maximum absolute atomic E-state index is 13.2. The van der Waals surface area contributed by atoms with Crippen molar-refractivity contribution in [2.45, 2.75) is 31.3 Å². The third-order valence-electron chi connectivity index (χ3n) is 3.55. The summed E-state index contributed by atoms with van der Waals surface area (Å²) in [6, 6.07) is 5.90. The number of anilines is 1. The van der Waals surface area contributed by atoms with Gasteiger partial charge in [-0.2, -0.15) is 0 Å². The second kappa shape index (κ2) is 3.20. The van der Waals surface area contributed by atoms with E-state index in [9.17, 15) is 4.39 Å². The van der Waals surface area contributed by atoms with Crippen molar-refractivity contribution < 1.29 is 4.39 Å². The van der Waals surface area contributed by atoms with Gasteiger partial charge >= 0.3 is 0 Å². The van der Waals surface area contributed by atoms with Gasteiger partial charge in [-0.1, -0.05) is 6.07 Å². The zero-order valence-corrected chi connectivity index (χ0v) is 8.62. The van der Waals surface area contributed by atoms with Crippen LogP contribution in [-0.2, 0) is 6.42 Å². The first-order valence-electron chi connectivity index (χ1n) is 5.54. The number of nitrogens with zero attached hydrogens (tertiary/aromatic N) is 1. The molecule has 1 aromatic rings. The van der Waals surface area contributed by atoms with E-state index in [1.54, 1.807) is 12.1 Å². The van der Waals surface area contributed by atoms with E-state index >= 15 is 0 Å². The van der Waals surface area contributed by atoms with Crippen LogP contribution in [0.2, 0.25) is 0 Å². The Hall–Kier alpha value is -1.09. The molecule has 3 rings (SSSR count). The molecule has 2 heterocycles. The van der Waals surface area contributed by atoms with Crippen LogP contribution in [0.15, 0.2) is 18.2 Å². The van der Waals surface area contributed by atoms with Crippen molar-refractivity contribution in [3.63, 3.8) is 0 Å². The van der Waals surface area contributed by atoms with E-state index in [1.165, 1.54) is 5.56 Å². The van der Waals surface area contributed by atoms with Gasteiger partial charge in [0.05, 0.1) is 0 Å². The molecule has 0 aliphatic carbocycles. The minimum atomic E-state index is -0.144. The van der Waals surface area contributed by atoms with Crippen molar-refractivity contribution in [3.8, 4) is 0 Å². The minimum Gasteiger partial charge on any atom is -0.367 e. The molecule has 2 atom stereocenters. The monoisotopic (exact) mass is 206 g/mol. The predicted octanol–water partition coefficient (Wildman–Crippen LogP) is 1.68. The van der Waals surface area contributed by atoms with Crippen LogP contribution in [0.4, 0.5) is 10.1 Å². The van der Waals surface area contributed by atoms with Gasteiger partial charge in [0.1, 0.15) is 5.82 Å². The van der Waals surface area contributed by atoms with Crippen LogP contribution in [0.25, 0.3) is 0 Å². The van der Waals surface area contributed by atoms with Crippen LogP contribution >= 0.6 is 0 Å². The average molecular weight is 206 g/mol. The summed E-state index contributed by atoms with van der Waals surface area (Å²) < 4.78 is 13.2. The molecule has 2 nitrogen and oxygen atoms in total. The third kappa shape index (κ3) is 1.42. The van der Waals surface area contributed by atoms with Gasteiger partial charge in [0.2, 0.25) is 0 Å². The van der Waals surface area contributed by atoms with Crippen molar-refractivity contribution in [2.24, 2.45) is 5.73 Å². The SMILES string of the molecule is NC1CC2CCc3ccc(F)cc3N2C1. The van der Waals surface area contributed by atoms with Gasteiger partial charge in [-0.25, -0.2) is 4.39 Å². The molecule has 0 radical (unpaired) electrons. The van der Waals surface area contributed by atoms with Gasteiger partial charge in [-0.15, -0.1) is 0 Å². The van der Waals surface area contributed by atoms with Crippen molar-refractivity contribution in [3.05, 3.63) is 29.6 Å². The van der Waals surface area contributed by atoms with Crippen LogP contribution in [0, 0.1) is 5.82 Å². The van der Waals surface area contributed by atoms with E-state index in [0.29, 0.717) is 6.04 Å². The van der Waals surface area contributed by atoms with Crippen LogP contribution in [-0.4, -0.2) is 18.6 Å². The normalized spacial score (nSPS) is 28.8. The Morgan fingerprint density at radius 1 is 1.40 bits per heavy atom. The summed E-state index contributed by atoms with van der Waals surface area (Å²) in [6.07, 6.45) is 3.27. The highest BCUT2D eigenvalue weighted by molar-refractivity contribution is 5.58. The number of nitrogens with two attached hydrogens (primary N) is 1. The Labute approximate surface area is 88.9 Å². The summed E-state index contributed by atoms with van der Waals surface area (Å²) in [6.45, 7) is 0.876. The quantitative estimate of drug-likeness (QED) is 0.699. The van der Waals surface area contributed by atoms with Crippen molar-refractivity contribution in [2.75, 3.05) is 11.4 Å². The smallest absolute Gasteiger partial charge is 0.125 e. The van der Waals surface area contributed by atoms with Gasteiger partial charge in [0.25, 0.3) is 0 Å². The highest BCUT2D eigenvalue weighted by atomic mass is 19.1. The fourth-order valence-electron chi connectivity index (χ4n) is 2.86. The van der Waals surface area contributed by atoms with Crippen molar-refractivity contribution in [1.82, 2.24) is 0 Å². The number of hydrogen-bond donors (Lipinski definition) is 1. The largest absolute Gasteiger partial charge is 0.367 e. The summed E-state index contributed by atoms with van der Waals surface area (Å²) in [5.74, 6) is -0.144. The number of aryl methyl sites for hydroxylation is 1. The molecular weight excluding hydrogens is 191 g/mol. The van der Waals surface area contributed by atoms with Crippen LogP contribution < -0.4 is 10.6 Å². The maximum Gasteiger partial charge on any atom is 0.125 e. The molecule has 2 unspecified atom stereocenters. The molecule has 2 aliphatic rings. The highest BCUT2D eigenvalue weighted by Crippen LogP contribution is 2.36. The molecule has 1 aromatic carbocycles. The van der Waals surface area contributed by atoms with E-state index in [1.807, 2.05) is 6.07 Å². The summed E-state index contributed by atoms with van der Waals surface area (Å²) >= 11 is 0. The molecule has 1 saturated heterocycles. The fraction of sp³-hybridized carbons (Fsp3) is 0.500. The van der Waals surface area contributed by atoms with E-state index in [2.05, 4.69) is 4.90 Å². The zero-order valence-electron chi connectivity index (χ0n) is 8.62. The molecule has 1 fully saturated rings. The molecule has 0 amide bonds. The molecule has 3 heteroatoms. The average Bonchev–Trinajstić information content (AvgIpc) is 2.58. The molecular formula is C12H15FN2. The number of hydrogen-bond acceptors (Lipinski definition) is 2. The lowest BCUT2D eigenvalue weighted by Crippen LogP contribution is -2.34. The van der Waals surface area contributed by atoms with Crippen LogP contribution in [0.3, 0.4) is 0 Å². The summed E-state index contributed by atoms with van der Waals surface area (Å²) in [7, 11) is 0. The second-order valence-electron chi connectivity index (χ2n) is 4.61. The van der Waals surface area contributed by atoms with Gasteiger partial charge in [-0.3, -0.25) is 0 Å². The molecule has 2 aliphatic heterocycles. The van der Waals surface area contributed by atoms with E-state index in [-0.39, 0.29) is 11.9 Å². The molecule has 2 N–H and O–H groups in total. The topological polar surface area (TPSA) is 29.3 Å². The van der Waals surface area contributed by atoms with Gasteiger partial charge in [0, 0.05) is 24.3 Å². The number of halogens is 1. The zero-order chi connectivity index (χ0) is 10.4. The molecule has 0 aromatic heterocycles. The molecule has 0 bridgehead atoms. The maximum atomic E-state index is 13.2. The molecule has 15 heavy (non-hydrogen) atoms. The fourth-order valence-corrected chi connectivity index (χ4v) is 2.86. The molecule has 0 saturated carbocycles. The lowest BCUT2D eigenvalue weighted by Gasteiger charge is -2.33. The number of rotatable bonds is 0. The van der Waals surface area contributed by atoms with E-state index in [0.717, 1.165) is 31.5 Å². The van der Waals surface area contributed by atoms with Crippen molar-refractivity contribution in [1.29, 1.82) is 0 Å². The number of fused-ring (bicyclic) bond motifs is 3. The Morgan fingerprint density at radius 2 is 2.27 bits per heavy atom. The first-order valence-corrected chi connectivity index (χ1v) is 5.54. The van der Waals surface area contributed by atoms with E-state index in [4.69, 9.17) is 5.73 Å². The first-order chi connectivity index (χ1) is 7.24. The third-order valence-corrected chi connectivity index (χ3v) is 3.55. The Morgan fingerprint density at radius 3 is 3.13 bits per heavy atom. The summed E-state index contributed by atoms with van der Waals surface area (Å²) in [4.78, 5) is 2.28. The molecule has 80 valence electrons. The molecule has 0 spiro atoms. The number of benzene rings is 1. The standard InChI is InChI=1S/C12H15FN2/c13-9-3-1-8-2-4-11-6-10(14)7-15(11)12(8)5-9/h1,3,5,10-11H,2,4,6-7,14H2. The van der Waals surface area contributed by atoms with E-state index < -0.39 is 0 Å². The lowest BCUT2D eigenvalue weighted by atomic mass is 9.96. The Balaban J connectivity index is 2.03.